The number of nitrogens with one attached hydrogen (secondary N) is 1. The van der Waals surface area contributed by atoms with Gasteiger partial charge >= 0.3 is 0 Å². The molecule has 7 nitrogen and oxygen atoms in total. The second kappa shape index (κ2) is 11.1. The summed E-state index contributed by atoms with van der Waals surface area (Å²) in [6.07, 6.45) is 9.99. The van der Waals surface area contributed by atoms with Gasteiger partial charge in [0.2, 0.25) is 0 Å². The van der Waals surface area contributed by atoms with Crippen molar-refractivity contribution < 1.29 is 20.7 Å². The van der Waals surface area contributed by atoms with Crippen molar-refractivity contribution in [2.45, 2.75) is 25.8 Å². The fourth-order valence-electron chi connectivity index (χ4n) is 4.60. The molecule has 0 unspecified atom stereocenters. The van der Waals surface area contributed by atoms with Crippen LogP contribution in [0.5, 0.6) is 5.75 Å². The fraction of sp³-hybridized carbons (Fsp3) is 0.385. The first kappa shape index (κ1) is 23.0. The number of piperidine rings is 1. The van der Waals surface area contributed by atoms with Crippen molar-refractivity contribution in [2.24, 2.45) is 0 Å². The molecule has 0 aliphatic carbocycles. The van der Waals surface area contributed by atoms with E-state index < -0.39 is 0 Å². The second-order valence-electron chi connectivity index (χ2n) is 9.04. The number of fused-ring (bicyclic) bond motifs is 1. The molecule has 4 heterocycles. The Balaban J connectivity index is 1.23. The summed E-state index contributed by atoms with van der Waals surface area (Å²) >= 11 is 1.79. The van der Waals surface area contributed by atoms with Gasteiger partial charge in [-0.05, 0) is 54.0 Å². The zero-order valence-corrected chi connectivity index (χ0v) is 20.5. The maximum atomic E-state index is 6.00. The molecule has 0 spiro atoms. The molecule has 0 amide bonds. The zero-order valence-electron chi connectivity index (χ0n) is 19.7. The highest BCUT2D eigenvalue weighted by Gasteiger charge is 2.14. The summed E-state index contributed by atoms with van der Waals surface area (Å²) in [7, 11) is 0. The lowest BCUT2D eigenvalue weighted by molar-refractivity contribution is -0.904. The summed E-state index contributed by atoms with van der Waals surface area (Å²) in [6.45, 7) is 7.44. The predicted molar refractivity (Wildman–Crippen MR) is 135 cm³/mol. The molecule has 1 aromatic carbocycles. The number of hydrogen-bond acceptors (Lipinski definition) is 4. The van der Waals surface area contributed by atoms with Gasteiger partial charge in [0.15, 0.2) is 5.65 Å². The Morgan fingerprint density at radius 1 is 1.06 bits per heavy atom. The lowest BCUT2D eigenvalue weighted by Gasteiger charge is -2.23. The average Bonchev–Trinajstić information content (AvgIpc) is 3.52. The number of nitrogens with two attached hydrogens (primary N) is 1. The molecule has 0 atom stereocenters. The highest BCUT2D eigenvalue weighted by molar-refractivity contribution is 7.10. The molecule has 5 rings (SSSR count). The van der Waals surface area contributed by atoms with E-state index in [1.807, 2.05) is 16.9 Å². The largest absolute Gasteiger partial charge is 0.488 e. The molecule has 0 bridgehead atoms. The normalized spacial score (nSPS) is 14.6. The molecule has 3 aromatic heterocycles. The maximum Gasteiger partial charge on any atom is 0.162 e. The molecule has 1 fully saturated rings. The van der Waals surface area contributed by atoms with Gasteiger partial charge in [-0.1, -0.05) is 12.1 Å². The van der Waals surface area contributed by atoms with E-state index in [4.69, 9.17) is 9.72 Å². The van der Waals surface area contributed by atoms with E-state index in [1.165, 1.54) is 42.8 Å². The van der Waals surface area contributed by atoms with Crippen molar-refractivity contribution in [1.82, 2.24) is 14.6 Å². The third-order valence-corrected chi connectivity index (χ3v) is 7.51. The summed E-state index contributed by atoms with van der Waals surface area (Å²) in [6, 6.07) is 10.6. The standard InChI is InChI=1S/C26H32N6OS/c27-8-9-28-16-24-14-21(19-34-24)25-17-30-32-18-22(15-29-26(25)32)20-4-6-23(7-5-20)33-13-12-31-10-2-1-3-11-31/h4-7,14-15,17-19,28H,1-3,8-13,16,27H2/p+3. The average molecular weight is 480 g/mol. The minimum atomic E-state index is 0.774. The SMILES string of the molecule is [NH3+]CC[NH2+]Cc1cc(-c2cnn3cc(-c4ccc(OCC[NH+]5CCCCC5)cc4)cnc23)cs1. The van der Waals surface area contributed by atoms with Crippen molar-refractivity contribution in [1.29, 1.82) is 0 Å². The Morgan fingerprint density at radius 2 is 1.91 bits per heavy atom. The number of benzene rings is 1. The van der Waals surface area contributed by atoms with Crippen LogP contribution in [0.25, 0.3) is 27.9 Å². The van der Waals surface area contributed by atoms with Crippen LogP contribution in [0.15, 0.2) is 54.3 Å². The quantitative estimate of drug-likeness (QED) is 0.295. The molecule has 0 radical (unpaired) electrons. The number of hydrogen-bond donors (Lipinski definition) is 3. The number of rotatable bonds is 10. The van der Waals surface area contributed by atoms with Crippen LogP contribution in [0.2, 0.25) is 0 Å². The lowest BCUT2D eigenvalue weighted by atomic mass is 10.1. The number of nitrogens with zero attached hydrogens (tertiary/aromatic N) is 3. The van der Waals surface area contributed by atoms with Crippen molar-refractivity contribution in [3.8, 4) is 28.0 Å². The molecule has 8 heteroatoms. The van der Waals surface area contributed by atoms with Gasteiger partial charge in [-0.15, -0.1) is 11.3 Å². The van der Waals surface area contributed by atoms with Gasteiger partial charge < -0.3 is 20.7 Å². The first-order chi connectivity index (χ1) is 16.8. The molecular formula is C26H35N6OS+3. The van der Waals surface area contributed by atoms with Gasteiger partial charge in [-0.25, -0.2) is 9.50 Å². The predicted octanol–water partition coefficient (Wildman–Crippen LogP) is 0.878. The first-order valence-electron chi connectivity index (χ1n) is 12.4. The molecule has 1 aliphatic heterocycles. The van der Waals surface area contributed by atoms with Crippen molar-refractivity contribution in [3.05, 3.63) is 59.2 Å². The first-order valence-corrected chi connectivity index (χ1v) is 13.3. The molecule has 34 heavy (non-hydrogen) atoms. The van der Waals surface area contributed by atoms with E-state index in [9.17, 15) is 0 Å². The molecule has 6 N–H and O–H groups in total. The zero-order chi connectivity index (χ0) is 23.2. The second-order valence-corrected chi connectivity index (χ2v) is 10.0. The van der Waals surface area contributed by atoms with Crippen LogP contribution < -0.4 is 20.7 Å². The monoisotopic (exact) mass is 479 g/mol. The van der Waals surface area contributed by atoms with Crippen molar-refractivity contribution >= 4 is 17.0 Å². The van der Waals surface area contributed by atoms with Crippen LogP contribution >= 0.6 is 11.3 Å². The highest BCUT2D eigenvalue weighted by atomic mass is 32.1. The summed E-state index contributed by atoms with van der Waals surface area (Å²) in [5, 5.41) is 9.08. The van der Waals surface area contributed by atoms with E-state index in [2.05, 4.69) is 58.1 Å². The number of quaternary nitrogens is 3. The lowest BCUT2D eigenvalue weighted by Crippen LogP contribution is -3.13. The van der Waals surface area contributed by atoms with Gasteiger partial charge in [0, 0.05) is 23.5 Å². The van der Waals surface area contributed by atoms with Crippen LogP contribution in [-0.2, 0) is 6.54 Å². The van der Waals surface area contributed by atoms with E-state index in [-0.39, 0.29) is 0 Å². The number of thiophene rings is 1. The van der Waals surface area contributed by atoms with Crippen LogP contribution in [0.1, 0.15) is 24.1 Å². The Hall–Kier alpha value is -2.78. The van der Waals surface area contributed by atoms with Gasteiger partial charge in [0.05, 0.1) is 24.2 Å². The van der Waals surface area contributed by atoms with Crippen molar-refractivity contribution in [2.75, 3.05) is 39.3 Å². The van der Waals surface area contributed by atoms with Gasteiger partial charge in [-0.3, -0.25) is 0 Å². The summed E-state index contributed by atoms with van der Waals surface area (Å²) in [5.41, 5.74) is 9.20. The minimum Gasteiger partial charge on any atom is -0.488 e. The molecule has 178 valence electrons. The summed E-state index contributed by atoms with van der Waals surface area (Å²) < 4.78 is 7.87. The fourth-order valence-corrected chi connectivity index (χ4v) is 5.49. The third-order valence-electron chi connectivity index (χ3n) is 6.55. The number of likely N-dealkylation sites (tertiary alicyclic amines) is 1. The van der Waals surface area contributed by atoms with Crippen LogP contribution in [-0.4, -0.2) is 53.9 Å². The third kappa shape index (κ3) is 5.47. The summed E-state index contributed by atoms with van der Waals surface area (Å²) in [4.78, 5) is 7.79. The molecule has 4 aromatic rings. The smallest absolute Gasteiger partial charge is 0.162 e. The minimum absolute atomic E-state index is 0.774. The van der Waals surface area contributed by atoms with Crippen molar-refractivity contribution in [3.63, 3.8) is 0 Å². The van der Waals surface area contributed by atoms with E-state index >= 15 is 0 Å². The Morgan fingerprint density at radius 3 is 2.74 bits per heavy atom. The van der Waals surface area contributed by atoms with Crippen LogP contribution in [0.3, 0.4) is 0 Å². The highest BCUT2D eigenvalue weighted by Crippen LogP contribution is 2.29. The van der Waals surface area contributed by atoms with Gasteiger partial charge in [0.1, 0.15) is 38.5 Å². The molecule has 0 saturated carbocycles. The van der Waals surface area contributed by atoms with E-state index in [0.29, 0.717) is 0 Å². The molecular weight excluding hydrogens is 444 g/mol. The Bertz CT molecular complexity index is 1200. The van der Waals surface area contributed by atoms with Gasteiger partial charge in [-0.2, -0.15) is 5.10 Å². The number of ether oxygens (including phenoxy) is 1. The van der Waals surface area contributed by atoms with E-state index in [0.717, 1.165) is 60.9 Å². The Kier molecular flexibility index (Phi) is 7.50. The maximum absolute atomic E-state index is 6.00. The van der Waals surface area contributed by atoms with Gasteiger partial charge in [0.25, 0.3) is 0 Å². The summed E-state index contributed by atoms with van der Waals surface area (Å²) in [5.74, 6) is 0.927. The van der Waals surface area contributed by atoms with Crippen LogP contribution in [0, 0.1) is 0 Å². The number of aromatic nitrogens is 3. The van der Waals surface area contributed by atoms with Crippen LogP contribution in [0.4, 0.5) is 0 Å². The van der Waals surface area contributed by atoms with E-state index in [1.54, 1.807) is 16.2 Å². The molecule has 1 aliphatic rings. The Labute approximate surface area is 204 Å². The molecule has 1 saturated heterocycles. The topological polar surface area (TPSA) is 88.1 Å².